The number of aryl methyl sites for hydroxylation is 1. The number of nitrogens with two attached hydrogens (primary N) is 1. The van der Waals surface area contributed by atoms with Crippen molar-refractivity contribution in [2.45, 2.75) is 24.5 Å². The standard InChI is InChI=1S/C22H22ClN7O5/c1-29-6-5-13(28-29)11-8-30(20-15(11)19(24)25-9-26-20)22-17(32)16(31)18(35-22)21(33)27-10-3-4-14(34-2)12(23)7-10/h3-9,16-18,22,31-32H,1-2H3,(H,27,33)(H2,24,25,26)/t16-,17+,18-,22+/m0/s1. The molecule has 0 saturated carbocycles. The third-order valence-corrected chi connectivity index (χ3v) is 6.11. The van der Waals surface area contributed by atoms with Gasteiger partial charge in [0.1, 0.15) is 35.7 Å². The number of carbonyl (C=O) groups excluding carboxylic acids is 1. The molecule has 13 heteroatoms. The summed E-state index contributed by atoms with van der Waals surface area (Å²) in [4.78, 5) is 21.3. The fourth-order valence-electron chi connectivity index (χ4n) is 4.12. The lowest BCUT2D eigenvalue weighted by molar-refractivity contribution is -0.132. The van der Waals surface area contributed by atoms with E-state index in [4.69, 9.17) is 26.8 Å². The van der Waals surface area contributed by atoms with Gasteiger partial charge in [-0.05, 0) is 24.3 Å². The van der Waals surface area contributed by atoms with E-state index in [9.17, 15) is 15.0 Å². The monoisotopic (exact) mass is 499 g/mol. The van der Waals surface area contributed by atoms with Gasteiger partial charge in [-0.2, -0.15) is 5.10 Å². The summed E-state index contributed by atoms with van der Waals surface area (Å²) >= 11 is 6.12. The normalized spacial score (nSPS) is 22.0. The number of nitrogens with zero attached hydrogens (tertiary/aromatic N) is 5. The van der Waals surface area contributed by atoms with E-state index in [1.807, 2.05) is 0 Å². The Morgan fingerprint density at radius 1 is 1.26 bits per heavy atom. The quantitative estimate of drug-likeness (QED) is 0.317. The first-order valence-corrected chi connectivity index (χ1v) is 10.9. The van der Waals surface area contributed by atoms with Gasteiger partial charge in [0.25, 0.3) is 5.91 Å². The highest BCUT2D eigenvalue weighted by Crippen LogP contribution is 2.38. The molecule has 35 heavy (non-hydrogen) atoms. The van der Waals surface area contributed by atoms with E-state index >= 15 is 0 Å². The van der Waals surface area contributed by atoms with Crippen molar-refractivity contribution in [3.8, 4) is 17.0 Å². The van der Waals surface area contributed by atoms with Gasteiger partial charge in [0, 0.05) is 30.7 Å². The van der Waals surface area contributed by atoms with Crippen LogP contribution in [0.5, 0.6) is 5.75 Å². The van der Waals surface area contributed by atoms with Crippen LogP contribution in [-0.2, 0) is 16.6 Å². The summed E-state index contributed by atoms with van der Waals surface area (Å²) in [5.41, 5.74) is 8.09. The molecule has 3 aromatic heterocycles. The van der Waals surface area contributed by atoms with Crippen LogP contribution in [0.4, 0.5) is 11.5 Å². The van der Waals surface area contributed by atoms with Gasteiger partial charge in [-0.15, -0.1) is 0 Å². The van der Waals surface area contributed by atoms with Crippen LogP contribution in [0.25, 0.3) is 22.3 Å². The minimum atomic E-state index is -1.51. The van der Waals surface area contributed by atoms with Crippen molar-refractivity contribution < 1.29 is 24.5 Å². The zero-order valence-corrected chi connectivity index (χ0v) is 19.4. The molecule has 0 aliphatic carbocycles. The van der Waals surface area contributed by atoms with Gasteiger partial charge >= 0.3 is 0 Å². The Balaban J connectivity index is 1.46. The van der Waals surface area contributed by atoms with Crippen molar-refractivity contribution in [1.82, 2.24) is 24.3 Å². The van der Waals surface area contributed by atoms with Crippen molar-refractivity contribution in [1.29, 1.82) is 0 Å². The number of benzene rings is 1. The number of aromatic nitrogens is 5. The number of aliphatic hydroxyl groups is 2. The van der Waals surface area contributed by atoms with Gasteiger partial charge in [-0.3, -0.25) is 9.48 Å². The molecule has 4 atom stereocenters. The molecule has 4 heterocycles. The fourth-order valence-corrected chi connectivity index (χ4v) is 4.38. The van der Waals surface area contributed by atoms with Crippen molar-refractivity contribution in [3.05, 3.63) is 48.0 Å². The molecule has 182 valence electrons. The Bertz CT molecular complexity index is 1420. The number of ether oxygens (including phenoxy) is 2. The second-order valence-corrected chi connectivity index (χ2v) is 8.46. The van der Waals surface area contributed by atoms with Crippen LogP contribution in [0, 0.1) is 0 Å². The van der Waals surface area contributed by atoms with E-state index < -0.39 is 30.4 Å². The lowest BCUT2D eigenvalue weighted by Crippen LogP contribution is -2.39. The van der Waals surface area contributed by atoms with E-state index in [0.717, 1.165) is 0 Å². The number of carbonyl (C=O) groups is 1. The first-order valence-electron chi connectivity index (χ1n) is 10.6. The van der Waals surface area contributed by atoms with Gasteiger partial charge in [-0.1, -0.05) is 11.6 Å². The summed E-state index contributed by atoms with van der Waals surface area (Å²) in [6, 6.07) is 6.49. The van der Waals surface area contributed by atoms with E-state index in [0.29, 0.717) is 38.8 Å². The molecule has 1 saturated heterocycles. The Morgan fingerprint density at radius 3 is 2.74 bits per heavy atom. The maximum absolute atomic E-state index is 12.9. The summed E-state index contributed by atoms with van der Waals surface area (Å²) in [6.07, 6.45) is -0.736. The van der Waals surface area contributed by atoms with Crippen molar-refractivity contribution >= 4 is 40.0 Å². The largest absolute Gasteiger partial charge is 0.495 e. The van der Waals surface area contributed by atoms with Crippen LogP contribution in [0.15, 0.2) is 43.0 Å². The Labute approximate surface area is 203 Å². The van der Waals surface area contributed by atoms with Crippen LogP contribution in [0.3, 0.4) is 0 Å². The van der Waals surface area contributed by atoms with Gasteiger partial charge < -0.3 is 35.3 Å². The average Bonchev–Trinajstić information content (AvgIpc) is 3.51. The average molecular weight is 500 g/mol. The third-order valence-electron chi connectivity index (χ3n) is 5.82. The van der Waals surface area contributed by atoms with Crippen molar-refractivity contribution in [3.63, 3.8) is 0 Å². The summed E-state index contributed by atoms with van der Waals surface area (Å²) in [6.45, 7) is 0. The van der Waals surface area contributed by atoms with Gasteiger partial charge in [0.2, 0.25) is 0 Å². The number of amides is 1. The maximum Gasteiger partial charge on any atom is 0.256 e. The molecule has 5 N–H and O–H groups in total. The molecular formula is C22H22ClN7O5. The van der Waals surface area contributed by atoms with Crippen molar-refractivity contribution in [2.24, 2.45) is 7.05 Å². The lowest BCUT2D eigenvalue weighted by atomic mass is 10.1. The molecule has 0 radical (unpaired) electrons. The lowest BCUT2D eigenvalue weighted by Gasteiger charge is -2.17. The van der Waals surface area contributed by atoms with Crippen molar-refractivity contribution in [2.75, 3.05) is 18.2 Å². The summed E-state index contributed by atoms with van der Waals surface area (Å²) in [7, 11) is 3.26. The van der Waals surface area contributed by atoms with Crippen LogP contribution >= 0.6 is 11.6 Å². The minimum Gasteiger partial charge on any atom is -0.495 e. The van der Waals surface area contributed by atoms with Crippen LogP contribution in [0.1, 0.15) is 6.23 Å². The minimum absolute atomic E-state index is 0.216. The van der Waals surface area contributed by atoms with Gasteiger partial charge in [0.15, 0.2) is 12.3 Å². The molecular weight excluding hydrogens is 478 g/mol. The van der Waals surface area contributed by atoms with Crippen LogP contribution < -0.4 is 15.8 Å². The number of rotatable bonds is 5. The number of halogens is 1. The molecule has 12 nitrogen and oxygen atoms in total. The molecule has 0 spiro atoms. The van der Waals surface area contributed by atoms with Gasteiger partial charge in [0.05, 0.1) is 23.2 Å². The van der Waals surface area contributed by atoms with Crippen LogP contribution in [0.2, 0.25) is 5.02 Å². The first-order chi connectivity index (χ1) is 16.8. The van der Waals surface area contributed by atoms with E-state index in [1.54, 1.807) is 42.3 Å². The SMILES string of the molecule is COc1ccc(NC(=O)[C@H]2O[C@@H](n3cc(-c4ccn(C)n4)c4c(N)ncnc43)[C@H](O)[C@@H]2O)cc1Cl. The molecule has 1 amide bonds. The zero-order chi connectivity index (χ0) is 24.9. The molecule has 4 aromatic rings. The van der Waals surface area contributed by atoms with Crippen LogP contribution in [-0.4, -0.2) is 65.9 Å². The molecule has 5 rings (SSSR count). The second-order valence-electron chi connectivity index (χ2n) is 8.05. The molecule has 0 bridgehead atoms. The number of anilines is 2. The first kappa shape index (κ1) is 23.1. The topological polar surface area (TPSA) is 163 Å². The molecule has 1 fully saturated rings. The second kappa shape index (κ2) is 8.82. The molecule has 1 aliphatic rings. The van der Waals surface area contributed by atoms with E-state index in [-0.39, 0.29) is 5.82 Å². The number of methoxy groups -OCH3 is 1. The van der Waals surface area contributed by atoms with E-state index in [2.05, 4.69) is 20.4 Å². The number of hydrogen-bond donors (Lipinski definition) is 4. The molecule has 1 aromatic carbocycles. The van der Waals surface area contributed by atoms with E-state index in [1.165, 1.54) is 24.1 Å². The molecule has 0 unspecified atom stereocenters. The zero-order valence-electron chi connectivity index (χ0n) is 18.7. The predicted molar refractivity (Wildman–Crippen MR) is 127 cm³/mol. The predicted octanol–water partition coefficient (Wildman–Crippen LogP) is 1.33. The number of nitrogen functional groups attached to an aromatic ring is 1. The van der Waals surface area contributed by atoms with Gasteiger partial charge in [-0.25, -0.2) is 9.97 Å². The summed E-state index contributed by atoms with van der Waals surface area (Å²) in [5.74, 6) is 0.00529. The maximum atomic E-state index is 12.9. The number of nitrogens with one attached hydrogen (secondary N) is 1. The fraction of sp³-hybridized carbons (Fsp3) is 0.273. The number of hydrogen-bond acceptors (Lipinski definition) is 9. The number of aliphatic hydroxyl groups excluding tert-OH is 2. The Morgan fingerprint density at radius 2 is 2.06 bits per heavy atom. The highest BCUT2D eigenvalue weighted by Gasteiger charge is 2.48. The highest BCUT2D eigenvalue weighted by atomic mass is 35.5. The molecule has 1 aliphatic heterocycles. The summed E-state index contributed by atoms with van der Waals surface area (Å²) in [5, 5.41) is 29.3. The summed E-state index contributed by atoms with van der Waals surface area (Å²) < 4.78 is 14.1. The smallest absolute Gasteiger partial charge is 0.256 e. The third kappa shape index (κ3) is 3.96. The highest BCUT2D eigenvalue weighted by molar-refractivity contribution is 6.32. The Kier molecular flexibility index (Phi) is 5.81. The Hall–Kier alpha value is -3.71. The number of fused-ring (bicyclic) bond motifs is 1.